The van der Waals surface area contributed by atoms with Crippen molar-refractivity contribution in [1.82, 2.24) is 5.32 Å². The van der Waals surface area contributed by atoms with Crippen LogP contribution in [0.3, 0.4) is 0 Å². The smallest absolute Gasteiger partial charge is 0.255 e. The third-order valence-electron chi connectivity index (χ3n) is 2.58. The number of hydrogen-bond donors (Lipinski definition) is 2. The van der Waals surface area contributed by atoms with Crippen LogP contribution in [0.2, 0.25) is 0 Å². The van der Waals surface area contributed by atoms with Crippen LogP contribution in [-0.4, -0.2) is 21.9 Å². The Balaban J connectivity index is 2.85. The van der Waals surface area contributed by atoms with E-state index < -0.39 is 5.54 Å². The molecule has 0 spiro atoms. The van der Waals surface area contributed by atoms with Crippen LogP contribution < -0.4 is 5.32 Å². The van der Waals surface area contributed by atoms with Gasteiger partial charge in [0.1, 0.15) is 5.75 Å². The molecule has 0 aliphatic rings. The molecule has 0 radical (unpaired) electrons. The van der Waals surface area contributed by atoms with Gasteiger partial charge in [0.2, 0.25) is 0 Å². The Labute approximate surface area is 100 Å². The summed E-state index contributed by atoms with van der Waals surface area (Å²) in [6.07, 6.45) is 0. The second-order valence-corrected chi connectivity index (χ2v) is 4.96. The number of carbonyl (C=O) groups excluding carboxylic acids is 1. The van der Waals surface area contributed by atoms with Gasteiger partial charge >= 0.3 is 0 Å². The SMILES string of the molecule is CC(Cl)C(C)(C)NC(=O)c1ccccc1O. The van der Waals surface area contributed by atoms with E-state index in [-0.39, 0.29) is 22.6 Å². The van der Waals surface area contributed by atoms with Crippen molar-refractivity contribution in [2.24, 2.45) is 0 Å². The maximum Gasteiger partial charge on any atom is 0.255 e. The van der Waals surface area contributed by atoms with Gasteiger partial charge in [0.05, 0.1) is 16.5 Å². The van der Waals surface area contributed by atoms with Crippen molar-refractivity contribution in [2.75, 3.05) is 0 Å². The highest BCUT2D eigenvalue weighted by Gasteiger charge is 2.27. The predicted molar refractivity (Wildman–Crippen MR) is 65.0 cm³/mol. The van der Waals surface area contributed by atoms with Crippen LogP contribution in [0.25, 0.3) is 0 Å². The van der Waals surface area contributed by atoms with Gasteiger partial charge in [-0.15, -0.1) is 11.6 Å². The fraction of sp³-hybridized carbons (Fsp3) is 0.417. The fourth-order valence-electron chi connectivity index (χ4n) is 1.13. The van der Waals surface area contributed by atoms with Crippen LogP contribution in [0, 0.1) is 0 Å². The van der Waals surface area contributed by atoms with Crippen LogP contribution in [0.5, 0.6) is 5.75 Å². The van der Waals surface area contributed by atoms with Gasteiger partial charge in [-0.05, 0) is 32.9 Å². The van der Waals surface area contributed by atoms with E-state index in [1.807, 2.05) is 20.8 Å². The highest BCUT2D eigenvalue weighted by Crippen LogP contribution is 2.19. The van der Waals surface area contributed by atoms with E-state index in [1.54, 1.807) is 18.2 Å². The number of nitrogens with one attached hydrogen (secondary N) is 1. The summed E-state index contributed by atoms with van der Waals surface area (Å²) in [5.74, 6) is -0.353. The first-order valence-electron chi connectivity index (χ1n) is 5.09. The third kappa shape index (κ3) is 2.89. The van der Waals surface area contributed by atoms with Gasteiger partial charge in [0, 0.05) is 0 Å². The molecule has 0 aliphatic heterocycles. The van der Waals surface area contributed by atoms with Gasteiger partial charge in [-0.2, -0.15) is 0 Å². The lowest BCUT2D eigenvalue weighted by atomic mass is 10.0. The lowest BCUT2D eigenvalue weighted by molar-refractivity contribution is 0.0910. The fourth-order valence-corrected chi connectivity index (χ4v) is 1.18. The summed E-state index contributed by atoms with van der Waals surface area (Å²) in [7, 11) is 0. The van der Waals surface area contributed by atoms with Crippen molar-refractivity contribution in [3.05, 3.63) is 29.8 Å². The maximum atomic E-state index is 11.9. The molecule has 0 aliphatic carbocycles. The van der Waals surface area contributed by atoms with Gasteiger partial charge in [-0.25, -0.2) is 0 Å². The first-order chi connectivity index (χ1) is 7.34. The Bertz CT molecular complexity index is 388. The summed E-state index contributed by atoms with van der Waals surface area (Å²) in [5, 5.41) is 12.1. The second-order valence-electron chi connectivity index (χ2n) is 4.31. The number of halogens is 1. The highest BCUT2D eigenvalue weighted by molar-refractivity contribution is 6.21. The molecule has 0 heterocycles. The topological polar surface area (TPSA) is 49.3 Å². The highest BCUT2D eigenvalue weighted by atomic mass is 35.5. The normalized spacial score (nSPS) is 13.2. The van der Waals surface area contributed by atoms with E-state index in [1.165, 1.54) is 6.07 Å². The summed E-state index contributed by atoms with van der Waals surface area (Å²) in [6.45, 7) is 5.48. The van der Waals surface area contributed by atoms with E-state index in [2.05, 4.69) is 5.32 Å². The number of amides is 1. The molecular weight excluding hydrogens is 226 g/mol. The number of phenols is 1. The molecule has 0 fully saturated rings. The Morgan fingerprint density at radius 1 is 1.44 bits per heavy atom. The molecule has 2 N–H and O–H groups in total. The average Bonchev–Trinajstić information content (AvgIpc) is 2.17. The summed E-state index contributed by atoms with van der Waals surface area (Å²) in [5.41, 5.74) is -0.270. The van der Waals surface area contributed by atoms with Gasteiger partial charge in [0.15, 0.2) is 0 Å². The molecule has 0 saturated carbocycles. The lowest BCUT2D eigenvalue weighted by Crippen LogP contribution is -2.49. The van der Waals surface area contributed by atoms with Crippen LogP contribution in [0.4, 0.5) is 0 Å². The van der Waals surface area contributed by atoms with Crippen molar-refractivity contribution in [2.45, 2.75) is 31.7 Å². The average molecular weight is 242 g/mol. The van der Waals surface area contributed by atoms with Crippen LogP contribution in [-0.2, 0) is 0 Å². The summed E-state index contributed by atoms with van der Waals surface area (Å²) in [6, 6.07) is 6.42. The Morgan fingerprint density at radius 3 is 2.50 bits per heavy atom. The van der Waals surface area contributed by atoms with Crippen molar-refractivity contribution >= 4 is 17.5 Å². The Morgan fingerprint density at radius 2 is 2.00 bits per heavy atom. The summed E-state index contributed by atoms with van der Waals surface area (Å²) >= 11 is 5.96. The van der Waals surface area contributed by atoms with Gasteiger partial charge in [-0.3, -0.25) is 4.79 Å². The molecule has 0 aromatic heterocycles. The number of benzene rings is 1. The molecule has 0 bridgehead atoms. The van der Waals surface area contributed by atoms with E-state index in [4.69, 9.17) is 11.6 Å². The largest absolute Gasteiger partial charge is 0.507 e. The molecule has 1 unspecified atom stereocenters. The lowest BCUT2D eigenvalue weighted by Gasteiger charge is -2.29. The molecule has 3 nitrogen and oxygen atoms in total. The first kappa shape index (κ1) is 12.8. The van der Waals surface area contributed by atoms with Crippen LogP contribution in [0.1, 0.15) is 31.1 Å². The molecule has 1 atom stereocenters. The third-order valence-corrected chi connectivity index (χ3v) is 3.12. The minimum Gasteiger partial charge on any atom is -0.507 e. The number of alkyl halides is 1. The summed E-state index contributed by atoms with van der Waals surface area (Å²) in [4.78, 5) is 11.9. The van der Waals surface area contributed by atoms with Crippen molar-refractivity contribution in [3.8, 4) is 5.75 Å². The van der Waals surface area contributed by atoms with E-state index in [0.29, 0.717) is 0 Å². The molecule has 88 valence electrons. The molecular formula is C12H16ClNO2. The Kier molecular flexibility index (Phi) is 3.81. The molecule has 4 heteroatoms. The molecule has 1 aromatic carbocycles. The minimum atomic E-state index is -0.527. The number of rotatable bonds is 3. The van der Waals surface area contributed by atoms with Crippen molar-refractivity contribution in [1.29, 1.82) is 0 Å². The van der Waals surface area contributed by atoms with Crippen LogP contribution >= 0.6 is 11.6 Å². The molecule has 0 saturated heterocycles. The number of para-hydroxylation sites is 1. The number of hydrogen-bond acceptors (Lipinski definition) is 2. The molecule has 1 rings (SSSR count). The van der Waals surface area contributed by atoms with Gasteiger partial charge < -0.3 is 10.4 Å². The maximum absolute atomic E-state index is 11.9. The second kappa shape index (κ2) is 4.74. The van der Waals surface area contributed by atoms with E-state index in [0.717, 1.165) is 0 Å². The monoisotopic (exact) mass is 241 g/mol. The quantitative estimate of drug-likeness (QED) is 0.799. The summed E-state index contributed by atoms with van der Waals surface area (Å²) < 4.78 is 0. The number of aromatic hydroxyl groups is 1. The number of phenolic OH excluding ortho intramolecular Hbond substituents is 1. The zero-order chi connectivity index (χ0) is 12.3. The standard InChI is InChI=1S/C12H16ClNO2/c1-8(13)12(2,3)14-11(16)9-6-4-5-7-10(9)15/h4-8,15H,1-3H3,(H,14,16). The zero-order valence-electron chi connectivity index (χ0n) is 9.62. The van der Waals surface area contributed by atoms with E-state index >= 15 is 0 Å². The van der Waals surface area contributed by atoms with Crippen molar-refractivity contribution < 1.29 is 9.90 Å². The minimum absolute atomic E-state index is 0.0296. The van der Waals surface area contributed by atoms with Gasteiger partial charge in [0.25, 0.3) is 5.91 Å². The number of carbonyl (C=O) groups is 1. The molecule has 1 amide bonds. The zero-order valence-corrected chi connectivity index (χ0v) is 10.4. The van der Waals surface area contributed by atoms with Crippen molar-refractivity contribution in [3.63, 3.8) is 0 Å². The molecule has 16 heavy (non-hydrogen) atoms. The van der Waals surface area contributed by atoms with Crippen LogP contribution in [0.15, 0.2) is 24.3 Å². The first-order valence-corrected chi connectivity index (χ1v) is 5.53. The Hall–Kier alpha value is -1.22. The van der Waals surface area contributed by atoms with Gasteiger partial charge in [-0.1, -0.05) is 12.1 Å². The molecule has 1 aromatic rings. The van der Waals surface area contributed by atoms with E-state index in [9.17, 15) is 9.90 Å². The predicted octanol–water partition coefficient (Wildman–Crippen LogP) is 2.53.